The SMILES string of the molecule is CCCCCn1nc(C(=O)NNC(=O)c2ccc(CN3CCCC3=O)cc2)c2ccccc2c1=O. The minimum Gasteiger partial charge on any atom is -0.338 e. The molecule has 4 rings (SSSR count). The zero-order chi connectivity index (χ0) is 24.8. The van der Waals surface area contributed by atoms with E-state index in [1.807, 2.05) is 0 Å². The maximum absolute atomic E-state index is 12.9. The van der Waals surface area contributed by atoms with Gasteiger partial charge in [-0.25, -0.2) is 4.68 Å². The molecule has 1 aromatic heterocycles. The number of nitrogens with one attached hydrogen (secondary N) is 2. The molecule has 1 saturated heterocycles. The summed E-state index contributed by atoms with van der Waals surface area (Å²) in [5.74, 6) is -0.946. The first-order valence-electron chi connectivity index (χ1n) is 11.9. The fourth-order valence-electron chi connectivity index (χ4n) is 4.16. The molecule has 2 heterocycles. The maximum atomic E-state index is 12.9. The van der Waals surface area contributed by atoms with Crippen LogP contribution in [0, 0.1) is 0 Å². The predicted octanol–water partition coefficient (Wildman–Crippen LogP) is 2.78. The highest BCUT2D eigenvalue weighted by molar-refractivity contribution is 6.06. The van der Waals surface area contributed by atoms with Crippen molar-refractivity contribution >= 4 is 28.5 Å². The molecule has 0 bridgehead atoms. The summed E-state index contributed by atoms with van der Waals surface area (Å²) in [4.78, 5) is 51.9. The second-order valence-electron chi connectivity index (χ2n) is 8.65. The summed E-state index contributed by atoms with van der Waals surface area (Å²) in [6, 6.07) is 13.7. The summed E-state index contributed by atoms with van der Waals surface area (Å²) >= 11 is 0. The number of unbranched alkanes of at least 4 members (excludes halogenated alkanes) is 2. The van der Waals surface area contributed by atoms with Gasteiger partial charge in [-0.15, -0.1) is 0 Å². The summed E-state index contributed by atoms with van der Waals surface area (Å²) in [6.45, 7) is 3.76. The van der Waals surface area contributed by atoms with Gasteiger partial charge in [-0.2, -0.15) is 5.10 Å². The molecule has 1 aliphatic heterocycles. The lowest BCUT2D eigenvalue weighted by atomic mass is 10.1. The number of amides is 3. The number of fused-ring (bicyclic) bond motifs is 1. The molecule has 1 fully saturated rings. The van der Waals surface area contributed by atoms with Crippen molar-refractivity contribution in [2.24, 2.45) is 0 Å². The Hall–Kier alpha value is -4.01. The zero-order valence-corrected chi connectivity index (χ0v) is 19.8. The Bertz CT molecular complexity index is 1300. The number of hydrogen-bond donors (Lipinski definition) is 2. The normalized spacial score (nSPS) is 13.3. The molecular formula is C26H29N5O4. The summed E-state index contributed by atoms with van der Waals surface area (Å²) in [5.41, 5.74) is 5.96. The average molecular weight is 476 g/mol. The quantitative estimate of drug-likeness (QED) is 0.384. The lowest BCUT2D eigenvalue weighted by molar-refractivity contribution is -0.128. The van der Waals surface area contributed by atoms with E-state index in [0.29, 0.717) is 35.8 Å². The van der Waals surface area contributed by atoms with Gasteiger partial charge in [0.05, 0.1) is 5.39 Å². The second-order valence-corrected chi connectivity index (χ2v) is 8.65. The molecule has 0 atom stereocenters. The molecule has 2 N–H and O–H groups in total. The van der Waals surface area contributed by atoms with Crippen molar-refractivity contribution in [3.8, 4) is 0 Å². The van der Waals surface area contributed by atoms with Gasteiger partial charge in [0.15, 0.2) is 5.69 Å². The largest absolute Gasteiger partial charge is 0.338 e. The molecule has 0 aliphatic carbocycles. The Morgan fingerprint density at radius 2 is 1.66 bits per heavy atom. The van der Waals surface area contributed by atoms with E-state index in [9.17, 15) is 19.2 Å². The fraction of sp³-hybridized carbons (Fsp3) is 0.346. The Morgan fingerprint density at radius 1 is 0.943 bits per heavy atom. The first kappa shape index (κ1) is 24.1. The van der Waals surface area contributed by atoms with Crippen LogP contribution in [0.2, 0.25) is 0 Å². The van der Waals surface area contributed by atoms with Crippen molar-refractivity contribution in [1.82, 2.24) is 25.5 Å². The summed E-state index contributed by atoms with van der Waals surface area (Å²) < 4.78 is 1.32. The first-order chi connectivity index (χ1) is 17.0. The van der Waals surface area contributed by atoms with Crippen LogP contribution in [0.5, 0.6) is 0 Å². The third-order valence-electron chi connectivity index (χ3n) is 6.11. The standard InChI is InChI=1S/C26H29N5O4/c1-2-3-6-16-31-26(35)21-9-5-4-8-20(21)23(29-31)25(34)28-27-24(33)19-13-11-18(12-14-19)17-30-15-7-10-22(30)32/h4-5,8-9,11-14H,2-3,6-7,10,15-17H2,1H3,(H,27,33)(H,28,34). The average Bonchev–Trinajstić information content (AvgIpc) is 3.28. The number of hydrazine groups is 1. The Balaban J connectivity index is 1.44. The number of carbonyl (C=O) groups is 3. The zero-order valence-electron chi connectivity index (χ0n) is 19.8. The van der Waals surface area contributed by atoms with E-state index < -0.39 is 11.8 Å². The minimum absolute atomic E-state index is 0.0719. The van der Waals surface area contributed by atoms with Gasteiger partial charge < -0.3 is 4.90 Å². The molecule has 0 radical (unpaired) electrons. The van der Waals surface area contributed by atoms with E-state index in [1.54, 1.807) is 53.4 Å². The van der Waals surface area contributed by atoms with Crippen molar-refractivity contribution in [1.29, 1.82) is 0 Å². The molecular weight excluding hydrogens is 446 g/mol. The van der Waals surface area contributed by atoms with Crippen molar-refractivity contribution in [2.45, 2.75) is 52.1 Å². The van der Waals surface area contributed by atoms with Crippen molar-refractivity contribution < 1.29 is 14.4 Å². The molecule has 35 heavy (non-hydrogen) atoms. The smallest absolute Gasteiger partial charge is 0.290 e. The lowest BCUT2D eigenvalue weighted by Gasteiger charge is -2.15. The number of nitrogens with zero attached hydrogens (tertiary/aromatic N) is 3. The van der Waals surface area contributed by atoms with E-state index in [4.69, 9.17) is 0 Å². The molecule has 2 aromatic carbocycles. The van der Waals surface area contributed by atoms with Gasteiger partial charge in [-0.1, -0.05) is 50.1 Å². The van der Waals surface area contributed by atoms with Gasteiger partial charge >= 0.3 is 0 Å². The van der Waals surface area contributed by atoms with Crippen LogP contribution in [-0.4, -0.2) is 38.9 Å². The number of aryl methyl sites for hydroxylation is 1. The molecule has 1 aliphatic rings. The first-order valence-corrected chi connectivity index (χ1v) is 11.9. The van der Waals surface area contributed by atoms with Crippen LogP contribution in [0.25, 0.3) is 10.8 Å². The van der Waals surface area contributed by atoms with E-state index >= 15 is 0 Å². The molecule has 0 spiro atoms. The van der Waals surface area contributed by atoms with Crippen LogP contribution in [0.3, 0.4) is 0 Å². The molecule has 9 heteroatoms. The van der Waals surface area contributed by atoms with E-state index in [1.165, 1.54) is 4.68 Å². The third-order valence-corrected chi connectivity index (χ3v) is 6.11. The monoisotopic (exact) mass is 475 g/mol. The minimum atomic E-state index is -0.608. The Morgan fingerprint density at radius 3 is 2.34 bits per heavy atom. The van der Waals surface area contributed by atoms with Gasteiger partial charge in [0.1, 0.15) is 0 Å². The second kappa shape index (κ2) is 10.9. The topological polar surface area (TPSA) is 113 Å². The number of carbonyl (C=O) groups excluding carboxylic acids is 3. The van der Waals surface area contributed by atoms with Gasteiger partial charge in [0, 0.05) is 37.0 Å². The molecule has 3 amide bonds. The predicted molar refractivity (Wildman–Crippen MR) is 132 cm³/mol. The van der Waals surface area contributed by atoms with Gasteiger partial charge in [-0.3, -0.25) is 30.0 Å². The van der Waals surface area contributed by atoms with Crippen molar-refractivity contribution in [3.63, 3.8) is 0 Å². The number of hydrogen-bond acceptors (Lipinski definition) is 5. The van der Waals surface area contributed by atoms with E-state index in [0.717, 1.165) is 37.8 Å². The highest BCUT2D eigenvalue weighted by atomic mass is 16.2. The van der Waals surface area contributed by atoms with Crippen molar-refractivity contribution in [2.75, 3.05) is 6.54 Å². The lowest BCUT2D eigenvalue weighted by Crippen LogP contribution is -2.42. The summed E-state index contributed by atoms with van der Waals surface area (Å²) in [7, 11) is 0. The van der Waals surface area contributed by atoms with Crippen LogP contribution in [-0.2, 0) is 17.9 Å². The van der Waals surface area contributed by atoms with Gasteiger partial charge in [0.2, 0.25) is 5.91 Å². The van der Waals surface area contributed by atoms with Crippen LogP contribution < -0.4 is 16.4 Å². The molecule has 3 aromatic rings. The van der Waals surface area contributed by atoms with Gasteiger partial charge in [-0.05, 0) is 36.6 Å². The highest BCUT2D eigenvalue weighted by Crippen LogP contribution is 2.15. The summed E-state index contributed by atoms with van der Waals surface area (Å²) in [5, 5.41) is 5.13. The fourth-order valence-corrected chi connectivity index (χ4v) is 4.16. The van der Waals surface area contributed by atoms with Crippen LogP contribution in [0.1, 0.15) is 65.4 Å². The van der Waals surface area contributed by atoms with Crippen LogP contribution >= 0.6 is 0 Å². The van der Waals surface area contributed by atoms with Crippen LogP contribution in [0.4, 0.5) is 0 Å². The molecule has 0 unspecified atom stereocenters. The maximum Gasteiger partial charge on any atom is 0.290 e. The number of aromatic nitrogens is 2. The number of benzene rings is 2. The molecule has 182 valence electrons. The number of rotatable bonds is 8. The Labute approximate surface area is 203 Å². The highest BCUT2D eigenvalue weighted by Gasteiger charge is 2.20. The molecule has 0 saturated carbocycles. The Kier molecular flexibility index (Phi) is 7.54. The van der Waals surface area contributed by atoms with E-state index in [-0.39, 0.29) is 17.2 Å². The third kappa shape index (κ3) is 5.56. The molecule has 9 nitrogen and oxygen atoms in total. The number of likely N-dealkylation sites (tertiary alicyclic amines) is 1. The van der Waals surface area contributed by atoms with Crippen LogP contribution in [0.15, 0.2) is 53.3 Å². The summed E-state index contributed by atoms with van der Waals surface area (Å²) in [6.07, 6.45) is 4.19. The van der Waals surface area contributed by atoms with Gasteiger partial charge in [0.25, 0.3) is 17.4 Å². The van der Waals surface area contributed by atoms with Crippen molar-refractivity contribution in [3.05, 3.63) is 75.7 Å². The van der Waals surface area contributed by atoms with E-state index in [2.05, 4.69) is 22.9 Å².